The van der Waals surface area contributed by atoms with E-state index < -0.39 is 0 Å². The van der Waals surface area contributed by atoms with Gasteiger partial charge in [0.25, 0.3) is 0 Å². The molecule has 0 saturated carbocycles. The molecule has 1 unspecified atom stereocenters. The Morgan fingerprint density at radius 3 is 2.00 bits per heavy atom. The summed E-state index contributed by atoms with van der Waals surface area (Å²) in [5.74, 6) is 0.799. The van der Waals surface area contributed by atoms with E-state index in [0.717, 1.165) is 18.9 Å². The molecule has 0 rings (SSSR count). The van der Waals surface area contributed by atoms with Gasteiger partial charge in [-0.15, -0.1) is 0 Å². The molecule has 0 spiro atoms. The molecule has 104 valence electrons. The molecule has 0 amide bonds. The highest BCUT2D eigenvalue weighted by Crippen LogP contribution is 2.16. The van der Waals surface area contributed by atoms with Crippen LogP contribution in [0, 0.1) is 11.1 Å². The Bertz CT molecular complexity index is 163. The van der Waals surface area contributed by atoms with Gasteiger partial charge in [-0.05, 0) is 18.8 Å². The van der Waals surface area contributed by atoms with Crippen LogP contribution in [-0.4, -0.2) is 25.3 Å². The summed E-state index contributed by atoms with van der Waals surface area (Å²) in [5, 5.41) is 11.4. The molecule has 0 radical (unpaired) electrons. The molecule has 2 nitrogen and oxygen atoms in total. The Balaban J connectivity index is 3.26. The molecular formula is C15H33NO. The van der Waals surface area contributed by atoms with Gasteiger partial charge in [0.05, 0.1) is 20.6 Å². The lowest BCUT2D eigenvalue weighted by Crippen LogP contribution is -2.33. The standard InChI is InChI=1S/C15H33NO/c1-5-6-7-8-9-10-12-15(2)13-11-14-16(3,4)17/h15H,5-14H2,1-4H3. The first kappa shape index (κ1) is 16.9. The summed E-state index contributed by atoms with van der Waals surface area (Å²) in [6.45, 7) is 5.36. The summed E-state index contributed by atoms with van der Waals surface area (Å²) in [4.78, 5) is 0. The van der Waals surface area contributed by atoms with Gasteiger partial charge >= 0.3 is 0 Å². The van der Waals surface area contributed by atoms with E-state index >= 15 is 0 Å². The van der Waals surface area contributed by atoms with Crippen LogP contribution in [0.3, 0.4) is 0 Å². The quantitative estimate of drug-likeness (QED) is 0.292. The molecule has 0 N–H and O–H groups in total. The molecule has 0 aliphatic heterocycles. The van der Waals surface area contributed by atoms with E-state index in [1.54, 1.807) is 14.1 Å². The minimum Gasteiger partial charge on any atom is -0.633 e. The third-order valence-electron chi connectivity index (χ3n) is 3.44. The molecule has 0 fully saturated rings. The molecule has 0 aliphatic rings. The summed E-state index contributed by atoms with van der Waals surface area (Å²) < 4.78 is -0.135. The lowest BCUT2D eigenvalue weighted by atomic mass is 9.97. The van der Waals surface area contributed by atoms with Crippen molar-refractivity contribution >= 4 is 0 Å². The van der Waals surface area contributed by atoms with Crippen LogP contribution in [0.1, 0.15) is 71.6 Å². The third-order valence-corrected chi connectivity index (χ3v) is 3.44. The zero-order valence-electron chi connectivity index (χ0n) is 12.5. The van der Waals surface area contributed by atoms with Crippen molar-refractivity contribution in [2.45, 2.75) is 71.6 Å². The second-order valence-electron chi connectivity index (χ2n) is 6.10. The molecule has 0 aromatic carbocycles. The van der Waals surface area contributed by atoms with Gasteiger partial charge in [0.1, 0.15) is 0 Å². The molecule has 0 bridgehead atoms. The molecule has 0 heterocycles. The van der Waals surface area contributed by atoms with Gasteiger partial charge in [-0.2, -0.15) is 0 Å². The van der Waals surface area contributed by atoms with Crippen molar-refractivity contribution in [1.29, 1.82) is 0 Å². The number of quaternary nitrogens is 1. The van der Waals surface area contributed by atoms with Gasteiger partial charge in [-0.3, -0.25) is 0 Å². The number of rotatable bonds is 11. The molecule has 2 heteroatoms. The van der Waals surface area contributed by atoms with E-state index in [1.165, 1.54) is 51.4 Å². The topological polar surface area (TPSA) is 23.1 Å². The van der Waals surface area contributed by atoms with E-state index in [0.29, 0.717) is 0 Å². The average Bonchev–Trinajstić information content (AvgIpc) is 2.21. The first-order chi connectivity index (χ1) is 7.95. The Morgan fingerprint density at radius 1 is 0.882 bits per heavy atom. The van der Waals surface area contributed by atoms with Gasteiger partial charge in [-0.1, -0.05) is 58.8 Å². The van der Waals surface area contributed by atoms with Crippen LogP contribution < -0.4 is 0 Å². The molecular weight excluding hydrogens is 210 g/mol. The molecule has 1 atom stereocenters. The highest BCUT2D eigenvalue weighted by molar-refractivity contribution is 4.55. The smallest absolute Gasteiger partial charge is 0.0779 e. The van der Waals surface area contributed by atoms with Crippen molar-refractivity contribution in [3.05, 3.63) is 5.21 Å². The van der Waals surface area contributed by atoms with Crippen molar-refractivity contribution in [3.63, 3.8) is 0 Å². The normalized spacial score (nSPS) is 13.9. The van der Waals surface area contributed by atoms with Crippen LogP contribution in [0.5, 0.6) is 0 Å². The Kier molecular flexibility index (Phi) is 9.85. The second-order valence-corrected chi connectivity index (χ2v) is 6.10. The minimum atomic E-state index is -0.135. The van der Waals surface area contributed by atoms with E-state index in [-0.39, 0.29) is 4.65 Å². The molecule has 0 aromatic rings. The minimum absolute atomic E-state index is 0.135. The lowest BCUT2D eigenvalue weighted by molar-refractivity contribution is -0.840. The molecule has 0 aromatic heterocycles. The predicted octanol–water partition coefficient (Wildman–Crippen LogP) is 4.73. The Labute approximate surface area is 109 Å². The molecule has 0 aliphatic carbocycles. The monoisotopic (exact) mass is 243 g/mol. The number of hydrogen-bond donors (Lipinski definition) is 0. The fraction of sp³-hybridized carbons (Fsp3) is 1.00. The van der Waals surface area contributed by atoms with Gasteiger partial charge in [-0.25, -0.2) is 0 Å². The van der Waals surface area contributed by atoms with Crippen molar-refractivity contribution < 1.29 is 4.65 Å². The second kappa shape index (κ2) is 9.90. The van der Waals surface area contributed by atoms with Crippen molar-refractivity contribution in [2.75, 3.05) is 20.6 Å². The summed E-state index contributed by atoms with van der Waals surface area (Å²) >= 11 is 0. The third kappa shape index (κ3) is 13.9. The maximum absolute atomic E-state index is 11.4. The number of nitrogens with zero attached hydrogens (tertiary/aromatic N) is 1. The molecule has 17 heavy (non-hydrogen) atoms. The average molecular weight is 243 g/mol. The fourth-order valence-electron chi connectivity index (χ4n) is 2.24. The van der Waals surface area contributed by atoms with Crippen LogP contribution in [0.4, 0.5) is 0 Å². The van der Waals surface area contributed by atoms with E-state index in [2.05, 4.69) is 13.8 Å². The predicted molar refractivity (Wildman–Crippen MR) is 76.7 cm³/mol. The van der Waals surface area contributed by atoms with Crippen molar-refractivity contribution in [3.8, 4) is 0 Å². The maximum atomic E-state index is 11.4. The number of unbranched alkanes of at least 4 members (excludes halogenated alkanes) is 5. The van der Waals surface area contributed by atoms with E-state index in [1.807, 2.05) is 0 Å². The molecule has 0 saturated heterocycles. The number of hydrogen-bond acceptors (Lipinski definition) is 1. The zero-order chi connectivity index (χ0) is 13.1. The van der Waals surface area contributed by atoms with Crippen molar-refractivity contribution in [2.24, 2.45) is 5.92 Å². The van der Waals surface area contributed by atoms with Gasteiger partial charge in [0.2, 0.25) is 0 Å². The first-order valence-electron chi connectivity index (χ1n) is 7.49. The maximum Gasteiger partial charge on any atom is 0.0779 e. The van der Waals surface area contributed by atoms with Gasteiger partial charge in [0.15, 0.2) is 0 Å². The SMILES string of the molecule is CCCCCCCCC(C)CCC[N+](C)(C)[O-]. The zero-order valence-corrected chi connectivity index (χ0v) is 12.5. The fourth-order valence-corrected chi connectivity index (χ4v) is 2.24. The largest absolute Gasteiger partial charge is 0.633 e. The summed E-state index contributed by atoms with van der Waals surface area (Å²) in [6, 6.07) is 0. The van der Waals surface area contributed by atoms with Crippen LogP contribution >= 0.6 is 0 Å². The highest BCUT2D eigenvalue weighted by Gasteiger charge is 2.05. The Morgan fingerprint density at radius 2 is 1.41 bits per heavy atom. The highest BCUT2D eigenvalue weighted by atomic mass is 16.5. The van der Waals surface area contributed by atoms with Crippen LogP contribution in [0.2, 0.25) is 0 Å². The van der Waals surface area contributed by atoms with Crippen LogP contribution in [0.25, 0.3) is 0 Å². The van der Waals surface area contributed by atoms with Gasteiger partial charge < -0.3 is 9.85 Å². The number of hydroxylamine groups is 3. The Hall–Kier alpha value is -0.0800. The van der Waals surface area contributed by atoms with E-state index in [9.17, 15) is 5.21 Å². The van der Waals surface area contributed by atoms with Crippen LogP contribution in [-0.2, 0) is 0 Å². The van der Waals surface area contributed by atoms with Gasteiger partial charge in [0, 0.05) is 0 Å². The van der Waals surface area contributed by atoms with Crippen LogP contribution in [0.15, 0.2) is 0 Å². The summed E-state index contributed by atoms with van der Waals surface area (Å²) in [5.41, 5.74) is 0. The first-order valence-corrected chi connectivity index (χ1v) is 7.49. The summed E-state index contributed by atoms with van der Waals surface area (Å²) in [6.07, 6.45) is 12.0. The van der Waals surface area contributed by atoms with E-state index in [4.69, 9.17) is 0 Å². The van der Waals surface area contributed by atoms with Crippen molar-refractivity contribution in [1.82, 2.24) is 0 Å². The summed E-state index contributed by atoms with van der Waals surface area (Å²) in [7, 11) is 3.47. The lowest BCUT2D eigenvalue weighted by Gasteiger charge is -2.34.